The number of anilines is 1. The van der Waals surface area contributed by atoms with E-state index in [4.69, 9.17) is 4.98 Å². The van der Waals surface area contributed by atoms with Gasteiger partial charge in [-0.15, -0.1) is 0 Å². The van der Waals surface area contributed by atoms with Gasteiger partial charge in [0.15, 0.2) is 0 Å². The normalized spacial score (nSPS) is 11.2. The molecule has 4 nitrogen and oxygen atoms in total. The Morgan fingerprint density at radius 1 is 0.964 bits per heavy atom. The molecule has 0 saturated heterocycles. The number of carbonyl (C=O) groups is 1. The van der Waals surface area contributed by atoms with Crippen molar-refractivity contribution < 1.29 is 4.79 Å². The van der Waals surface area contributed by atoms with Crippen molar-refractivity contribution in [3.8, 4) is 11.3 Å². The number of imidazole rings is 1. The fourth-order valence-corrected chi connectivity index (χ4v) is 3.11. The molecular formula is C24H21N3O. The number of fused-ring (bicyclic) bond motifs is 1. The third-order valence-corrected chi connectivity index (χ3v) is 4.58. The number of aromatic nitrogens is 2. The number of amides is 1. The van der Waals surface area contributed by atoms with Crippen LogP contribution in [0.2, 0.25) is 0 Å². The van der Waals surface area contributed by atoms with Gasteiger partial charge in [0.05, 0.1) is 11.4 Å². The molecule has 0 fully saturated rings. The molecule has 2 aromatic heterocycles. The molecule has 0 atom stereocenters. The van der Waals surface area contributed by atoms with Gasteiger partial charge in [-0.05, 0) is 49.8 Å². The third kappa shape index (κ3) is 3.71. The molecule has 0 saturated carbocycles. The lowest BCUT2D eigenvalue weighted by Crippen LogP contribution is -2.07. The molecule has 0 unspecified atom stereocenters. The van der Waals surface area contributed by atoms with Gasteiger partial charge in [-0.1, -0.05) is 48.0 Å². The summed E-state index contributed by atoms with van der Waals surface area (Å²) in [4.78, 5) is 17.2. The maximum atomic E-state index is 12.4. The average molecular weight is 367 g/mol. The van der Waals surface area contributed by atoms with Gasteiger partial charge in [-0.2, -0.15) is 0 Å². The fourth-order valence-electron chi connectivity index (χ4n) is 3.11. The van der Waals surface area contributed by atoms with Crippen LogP contribution in [0, 0.1) is 13.8 Å². The zero-order chi connectivity index (χ0) is 19.5. The van der Waals surface area contributed by atoms with Crippen LogP contribution in [0.15, 0.2) is 79.0 Å². The zero-order valence-electron chi connectivity index (χ0n) is 15.9. The second-order valence-corrected chi connectivity index (χ2v) is 6.83. The molecule has 0 radical (unpaired) electrons. The van der Waals surface area contributed by atoms with Crippen molar-refractivity contribution in [3.05, 3.63) is 95.8 Å². The number of hydrogen-bond acceptors (Lipinski definition) is 2. The summed E-state index contributed by atoms with van der Waals surface area (Å²) in [6, 6.07) is 21.8. The SMILES string of the molecule is Cc1ccc(-c2nc3cc(C)ccn3c2/C=C/C(=O)Nc2ccccc2)cc1. The molecule has 0 aliphatic rings. The molecule has 4 rings (SSSR count). The molecular weight excluding hydrogens is 346 g/mol. The number of carbonyl (C=O) groups excluding carboxylic acids is 1. The molecule has 0 aliphatic carbocycles. The van der Waals surface area contributed by atoms with Crippen molar-refractivity contribution in [2.24, 2.45) is 0 Å². The molecule has 28 heavy (non-hydrogen) atoms. The Morgan fingerprint density at radius 3 is 2.46 bits per heavy atom. The van der Waals surface area contributed by atoms with Crippen LogP contribution in [0.25, 0.3) is 23.0 Å². The molecule has 2 aromatic carbocycles. The van der Waals surface area contributed by atoms with E-state index in [0.29, 0.717) is 0 Å². The number of aryl methyl sites for hydroxylation is 2. The number of benzene rings is 2. The predicted molar refractivity (Wildman–Crippen MR) is 114 cm³/mol. The van der Waals surface area contributed by atoms with Crippen LogP contribution in [-0.2, 0) is 4.79 Å². The largest absolute Gasteiger partial charge is 0.323 e. The maximum absolute atomic E-state index is 12.4. The Balaban J connectivity index is 1.73. The van der Waals surface area contributed by atoms with Crippen molar-refractivity contribution in [1.29, 1.82) is 0 Å². The molecule has 1 N–H and O–H groups in total. The first-order valence-electron chi connectivity index (χ1n) is 9.20. The summed E-state index contributed by atoms with van der Waals surface area (Å²) in [6.07, 6.45) is 5.36. The van der Waals surface area contributed by atoms with Crippen LogP contribution >= 0.6 is 0 Å². The lowest BCUT2D eigenvalue weighted by molar-refractivity contribution is -0.111. The highest BCUT2D eigenvalue weighted by atomic mass is 16.1. The van der Waals surface area contributed by atoms with Crippen molar-refractivity contribution >= 4 is 23.3 Å². The van der Waals surface area contributed by atoms with Gasteiger partial charge in [0.2, 0.25) is 5.91 Å². The maximum Gasteiger partial charge on any atom is 0.248 e. The number of pyridine rings is 1. The Morgan fingerprint density at radius 2 is 1.71 bits per heavy atom. The number of para-hydroxylation sites is 1. The van der Waals surface area contributed by atoms with Gasteiger partial charge in [0.1, 0.15) is 5.65 Å². The first kappa shape index (κ1) is 17.7. The van der Waals surface area contributed by atoms with Crippen LogP contribution in [-0.4, -0.2) is 15.3 Å². The lowest BCUT2D eigenvalue weighted by Gasteiger charge is -2.03. The first-order valence-corrected chi connectivity index (χ1v) is 9.20. The van der Waals surface area contributed by atoms with Gasteiger partial charge in [0, 0.05) is 23.5 Å². The molecule has 0 aliphatic heterocycles. The Kier molecular flexibility index (Phi) is 4.77. The summed E-state index contributed by atoms with van der Waals surface area (Å²) in [5.41, 5.74) is 6.72. The molecule has 2 heterocycles. The molecule has 4 aromatic rings. The van der Waals surface area contributed by atoms with E-state index in [2.05, 4.69) is 36.5 Å². The number of nitrogens with zero attached hydrogens (tertiary/aromatic N) is 2. The molecule has 4 heteroatoms. The highest BCUT2D eigenvalue weighted by Crippen LogP contribution is 2.26. The van der Waals surface area contributed by atoms with Crippen LogP contribution in [0.5, 0.6) is 0 Å². The number of hydrogen-bond donors (Lipinski definition) is 1. The van der Waals surface area contributed by atoms with E-state index in [-0.39, 0.29) is 5.91 Å². The van der Waals surface area contributed by atoms with Crippen molar-refractivity contribution in [2.75, 3.05) is 5.32 Å². The molecule has 0 bridgehead atoms. The summed E-state index contributed by atoms with van der Waals surface area (Å²) < 4.78 is 2.01. The van der Waals surface area contributed by atoms with E-state index in [1.807, 2.05) is 66.1 Å². The molecule has 1 amide bonds. The van der Waals surface area contributed by atoms with Crippen LogP contribution in [0.1, 0.15) is 16.8 Å². The molecule has 138 valence electrons. The van der Waals surface area contributed by atoms with E-state index < -0.39 is 0 Å². The minimum Gasteiger partial charge on any atom is -0.323 e. The summed E-state index contributed by atoms with van der Waals surface area (Å²) in [7, 11) is 0. The fraction of sp³-hybridized carbons (Fsp3) is 0.0833. The smallest absolute Gasteiger partial charge is 0.248 e. The highest BCUT2D eigenvalue weighted by molar-refractivity contribution is 6.02. The second kappa shape index (κ2) is 7.53. The quantitative estimate of drug-likeness (QED) is 0.500. The van der Waals surface area contributed by atoms with Gasteiger partial charge in [0.25, 0.3) is 0 Å². The van der Waals surface area contributed by atoms with E-state index >= 15 is 0 Å². The van der Waals surface area contributed by atoms with Gasteiger partial charge < -0.3 is 5.32 Å². The topological polar surface area (TPSA) is 46.4 Å². The highest BCUT2D eigenvalue weighted by Gasteiger charge is 2.12. The van der Waals surface area contributed by atoms with E-state index in [1.54, 1.807) is 6.08 Å². The first-order chi connectivity index (χ1) is 13.6. The lowest BCUT2D eigenvalue weighted by atomic mass is 10.1. The number of rotatable bonds is 4. The Bertz CT molecular complexity index is 1160. The van der Waals surface area contributed by atoms with Crippen molar-refractivity contribution in [1.82, 2.24) is 9.38 Å². The number of nitrogens with one attached hydrogen (secondary N) is 1. The molecule has 0 spiro atoms. The van der Waals surface area contributed by atoms with Crippen LogP contribution < -0.4 is 5.32 Å². The summed E-state index contributed by atoms with van der Waals surface area (Å²) in [5.74, 6) is -0.178. The summed E-state index contributed by atoms with van der Waals surface area (Å²) >= 11 is 0. The summed E-state index contributed by atoms with van der Waals surface area (Å²) in [5, 5.41) is 2.87. The second-order valence-electron chi connectivity index (χ2n) is 6.83. The van der Waals surface area contributed by atoms with E-state index in [1.165, 1.54) is 5.56 Å². The Hall–Kier alpha value is -3.66. The summed E-state index contributed by atoms with van der Waals surface area (Å²) in [6.45, 7) is 4.11. The van der Waals surface area contributed by atoms with E-state index in [9.17, 15) is 4.79 Å². The van der Waals surface area contributed by atoms with E-state index in [0.717, 1.165) is 33.8 Å². The van der Waals surface area contributed by atoms with Crippen molar-refractivity contribution in [3.63, 3.8) is 0 Å². The van der Waals surface area contributed by atoms with Crippen LogP contribution in [0.4, 0.5) is 5.69 Å². The van der Waals surface area contributed by atoms with Crippen molar-refractivity contribution in [2.45, 2.75) is 13.8 Å². The standard InChI is InChI=1S/C24H21N3O/c1-17-8-10-19(11-9-17)24-21(27-15-14-18(2)16-22(27)26-24)12-13-23(28)25-20-6-4-3-5-7-20/h3-16H,1-2H3,(H,25,28)/b13-12+. The van der Waals surface area contributed by atoms with Crippen LogP contribution in [0.3, 0.4) is 0 Å². The Labute approximate surface area is 164 Å². The zero-order valence-corrected chi connectivity index (χ0v) is 15.9. The minimum atomic E-state index is -0.178. The third-order valence-electron chi connectivity index (χ3n) is 4.58. The predicted octanol–water partition coefficient (Wildman–Crippen LogP) is 5.27. The van der Waals surface area contributed by atoms with Gasteiger partial charge in [-0.3, -0.25) is 9.20 Å². The van der Waals surface area contributed by atoms with Gasteiger partial charge in [-0.25, -0.2) is 4.98 Å². The van der Waals surface area contributed by atoms with Gasteiger partial charge >= 0.3 is 0 Å². The average Bonchev–Trinajstić information content (AvgIpc) is 3.05. The minimum absolute atomic E-state index is 0.178. The monoisotopic (exact) mass is 367 g/mol.